The number of aromatic hydroxyl groups is 1. The molecule has 26 heavy (non-hydrogen) atoms. The van der Waals surface area contributed by atoms with Crippen molar-refractivity contribution in [3.63, 3.8) is 0 Å². The van der Waals surface area contributed by atoms with Crippen molar-refractivity contribution < 1.29 is 22.9 Å². The first-order chi connectivity index (χ1) is 12.2. The highest BCUT2D eigenvalue weighted by atomic mass is 32.2. The van der Waals surface area contributed by atoms with Gasteiger partial charge in [-0.2, -0.15) is 8.42 Å². The van der Waals surface area contributed by atoms with Crippen molar-refractivity contribution in [1.82, 2.24) is 0 Å². The Morgan fingerprint density at radius 2 is 1.85 bits per heavy atom. The number of nitrogens with two attached hydrogens (primary N) is 1. The second kappa shape index (κ2) is 6.32. The van der Waals surface area contributed by atoms with Crippen LogP contribution in [0, 0.1) is 6.92 Å². The Kier molecular flexibility index (Phi) is 4.31. The molecule has 0 saturated heterocycles. The van der Waals surface area contributed by atoms with E-state index in [0.29, 0.717) is 0 Å². The van der Waals surface area contributed by atoms with Gasteiger partial charge in [-0.05, 0) is 37.3 Å². The second-order valence-electron chi connectivity index (χ2n) is 5.83. The Bertz CT molecular complexity index is 1140. The van der Waals surface area contributed by atoms with Gasteiger partial charge in [0.05, 0.1) is 11.3 Å². The summed E-state index contributed by atoms with van der Waals surface area (Å²) in [6, 6.07) is 11.7. The Morgan fingerprint density at radius 1 is 1.12 bits per heavy atom. The maximum absolute atomic E-state index is 12.6. The summed E-state index contributed by atoms with van der Waals surface area (Å²) in [6.07, 6.45) is 0. The van der Waals surface area contributed by atoms with E-state index in [1.54, 1.807) is 24.3 Å². The maximum atomic E-state index is 12.6. The van der Waals surface area contributed by atoms with E-state index < -0.39 is 20.9 Å². The fourth-order valence-corrected chi connectivity index (χ4v) is 3.45. The molecular formula is C18H16N2O5S. The molecular weight excluding hydrogens is 356 g/mol. The van der Waals surface area contributed by atoms with Crippen molar-refractivity contribution in [3.8, 4) is 5.75 Å². The largest absolute Gasteiger partial charge is 0.507 e. The first-order valence-electron chi connectivity index (χ1n) is 7.58. The summed E-state index contributed by atoms with van der Waals surface area (Å²) in [4.78, 5) is 12.2. The summed E-state index contributed by atoms with van der Waals surface area (Å²) >= 11 is 0. The van der Waals surface area contributed by atoms with E-state index in [1.165, 1.54) is 12.1 Å². The predicted octanol–water partition coefficient (Wildman–Crippen LogP) is 2.94. The molecule has 0 aliphatic rings. The number of benzene rings is 3. The van der Waals surface area contributed by atoms with Gasteiger partial charge in [-0.15, -0.1) is 0 Å². The predicted molar refractivity (Wildman–Crippen MR) is 99.0 cm³/mol. The minimum Gasteiger partial charge on any atom is -0.507 e. The van der Waals surface area contributed by atoms with E-state index >= 15 is 0 Å². The maximum Gasteiger partial charge on any atom is 0.295 e. The number of nitrogen functional groups attached to an aromatic ring is 1. The molecule has 3 aromatic rings. The molecule has 1 amide bonds. The number of hydrogen-bond donors (Lipinski definition) is 4. The van der Waals surface area contributed by atoms with E-state index in [1.807, 2.05) is 6.92 Å². The summed E-state index contributed by atoms with van der Waals surface area (Å²) in [5.74, 6) is -0.720. The van der Waals surface area contributed by atoms with Gasteiger partial charge in [0.15, 0.2) is 0 Å². The van der Waals surface area contributed by atoms with Crippen LogP contribution in [0.5, 0.6) is 5.75 Å². The zero-order valence-corrected chi connectivity index (χ0v) is 14.5. The third-order valence-corrected chi connectivity index (χ3v) is 4.85. The summed E-state index contributed by atoms with van der Waals surface area (Å²) < 4.78 is 32.9. The number of phenols is 1. The standard InChI is InChI=1S/C18H16N2O5S/c1-10-5-6-13(19)12(9-10)18(22)20-14-4-2-3-11-15(21)7-8-16(17(11)14)26(23,24)25/h2-9,21H,19H2,1H3,(H,20,22)(H,23,24,25). The summed E-state index contributed by atoms with van der Waals surface area (Å²) in [5.41, 5.74) is 7.30. The van der Waals surface area contributed by atoms with Crippen LogP contribution in [0.4, 0.5) is 11.4 Å². The molecule has 0 fully saturated rings. The first kappa shape index (κ1) is 17.7. The fourth-order valence-electron chi connectivity index (χ4n) is 2.73. The second-order valence-corrected chi connectivity index (χ2v) is 7.22. The zero-order chi connectivity index (χ0) is 19.1. The van der Waals surface area contributed by atoms with Gasteiger partial charge < -0.3 is 16.2 Å². The van der Waals surface area contributed by atoms with Gasteiger partial charge in [0.25, 0.3) is 16.0 Å². The minimum atomic E-state index is -4.57. The molecule has 3 aromatic carbocycles. The summed E-state index contributed by atoms with van der Waals surface area (Å²) in [7, 11) is -4.57. The lowest BCUT2D eigenvalue weighted by Gasteiger charge is -2.13. The molecule has 3 rings (SSSR count). The molecule has 7 nitrogen and oxygen atoms in total. The van der Waals surface area contributed by atoms with Crippen LogP contribution in [-0.4, -0.2) is 24.0 Å². The Hall–Kier alpha value is -3.10. The Morgan fingerprint density at radius 3 is 2.54 bits per heavy atom. The van der Waals surface area contributed by atoms with E-state index in [4.69, 9.17) is 5.73 Å². The Labute approximate surface area is 149 Å². The molecule has 0 bridgehead atoms. The fraction of sp³-hybridized carbons (Fsp3) is 0.0556. The minimum absolute atomic E-state index is 0.00887. The van der Waals surface area contributed by atoms with Gasteiger partial charge in [-0.25, -0.2) is 0 Å². The SMILES string of the molecule is Cc1ccc(N)c(C(=O)Nc2cccc3c(O)ccc(S(=O)(=O)O)c23)c1. The summed E-state index contributed by atoms with van der Waals surface area (Å²) in [6.45, 7) is 1.81. The molecule has 0 spiro atoms. The van der Waals surface area contributed by atoms with E-state index in [0.717, 1.165) is 17.7 Å². The molecule has 0 aliphatic carbocycles. The van der Waals surface area contributed by atoms with E-state index in [9.17, 15) is 22.9 Å². The van der Waals surface area contributed by atoms with Crippen LogP contribution in [-0.2, 0) is 10.1 Å². The number of fused-ring (bicyclic) bond motifs is 1. The van der Waals surface area contributed by atoms with E-state index in [-0.39, 0.29) is 33.5 Å². The summed E-state index contributed by atoms with van der Waals surface area (Å²) in [5, 5.41) is 12.8. The number of phenolic OH excluding ortho intramolecular Hbond substituents is 1. The van der Waals surface area contributed by atoms with Crippen LogP contribution in [0.3, 0.4) is 0 Å². The van der Waals surface area contributed by atoms with Crippen molar-refractivity contribution >= 4 is 38.2 Å². The van der Waals surface area contributed by atoms with Crippen molar-refractivity contribution in [2.24, 2.45) is 0 Å². The van der Waals surface area contributed by atoms with Gasteiger partial charge in [-0.3, -0.25) is 9.35 Å². The molecule has 0 unspecified atom stereocenters. The van der Waals surface area contributed by atoms with Crippen LogP contribution in [0.2, 0.25) is 0 Å². The van der Waals surface area contributed by atoms with Crippen LogP contribution in [0.15, 0.2) is 53.4 Å². The average molecular weight is 372 g/mol. The van der Waals surface area contributed by atoms with Crippen molar-refractivity contribution in [2.45, 2.75) is 11.8 Å². The molecule has 134 valence electrons. The average Bonchev–Trinajstić information content (AvgIpc) is 2.56. The van der Waals surface area contributed by atoms with Crippen LogP contribution in [0.1, 0.15) is 15.9 Å². The van der Waals surface area contributed by atoms with Gasteiger partial charge >= 0.3 is 0 Å². The lowest BCUT2D eigenvalue weighted by Crippen LogP contribution is -2.15. The topological polar surface area (TPSA) is 130 Å². The third-order valence-electron chi connectivity index (χ3n) is 3.96. The number of aryl methyl sites for hydroxylation is 1. The number of rotatable bonds is 3. The molecule has 0 heterocycles. The molecule has 5 N–H and O–H groups in total. The molecule has 0 aromatic heterocycles. The highest BCUT2D eigenvalue weighted by molar-refractivity contribution is 7.86. The van der Waals surface area contributed by atoms with Crippen LogP contribution in [0.25, 0.3) is 10.8 Å². The van der Waals surface area contributed by atoms with Crippen LogP contribution >= 0.6 is 0 Å². The number of anilines is 2. The number of hydrogen-bond acceptors (Lipinski definition) is 5. The Balaban J connectivity index is 2.18. The smallest absolute Gasteiger partial charge is 0.295 e. The third kappa shape index (κ3) is 3.19. The number of carbonyl (C=O) groups is 1. The van der Waals surface area contributed by atoms with Gasteiger partial charge in [0.2, 0.25) is 0 Å². The van der Waals surface area contributed by atoms with Gasteiger partial charge in [0.1, 0.15) is 10.6 Å². The lowest BCUT2D eigenvalue weighted by atomic mass is 10.1. The molecule has 0 atom stereocenters. The van der Waals surface area contributed by atoms with Crippen molar-refractivity contribution in [2.75, 3.05) is 11.1 Å². The molecule has 0 aliphatic heterocycles. The monoisotopic (exact) mass is 372 g/mol. The highest BCUT2D eigenvalue weighted by Gasteiger charge is 2.20. The van der Waals surface area contributed by atoms with E-state index in [2.05, 4.69) is 5.32 Å². The quantitative estimate of drug-likeness (QED) is 0.413. The number of amides is 1. The first-order valence-corrected chi connectivity index (χ1v) is 9.02. The number of nitrogens with one attached hydrogen (secondary N) is 1. The molecule has 0 radical (unpaired) electrons. The number of carbonyl (C=O) groups excluding carboxylic acids is 1. The molecule has 8 heteroatoms. The normalized spacial score (nSPS) is 11.5. The van der Waals surface area contributed by atoms with Crippen molar-refractivity contribution in [1.29, 1.82) is 0 Å². The van der Waals surface area contributed by atoms with Gasteiger partial charge in [-0.1, -0.05) is 23.8 Å². The highest BCUT2D eigenvalue weighted by Crippen LogP contribution is 2.35. The lowest BCUT2D eigenvalue weighted by molar-refractivity contribution is 0.102. The molecule has 0 saturated carbocycles. The van der Waals surface area contributed by atoms with Gasteiger partial charge in [0, 0.05) is 16.5 Å². The van der Waals surface area contributed by atoms with Crippen molar-refractivity contribution in [3.05, 3.63) is 59.7 Å². The zero-order valence-electron chi connectivity index (χ0n) is 13.7. The van der Waals surface area contributed by atoms with Crippen LogP contribution < -0.4 is 11.1 Å².